The highest BCUT2D eigenvalue weighted by Crippen LogP contribution is 2.33. The number of hydrogen-bond donors (Lipinski definition) is 3. The third-order valence-corrected chi connectivity index (χ3v) is 6.62. The summed E-state index contributed by atoms with van der Waals surface area (Å²) in [5.74, 6) is -1.57. The van der Waals surface area contributed by atoms with Crippen LogP contribution in [0.5, 0.6) is 0 Å². The number of amides is 2. The third kappa shape index (κ3) is 4.66. The van der Waals surface area contributed by atoms with Crippen molar-refractivity contribution in [3.63, 3.8) is 0 Å². The maximum absolute atomic E-state index is 13.7. The molecule has 0 aliphatic carbocycles. The summed E-state index contributed by atoms with van der Waals surface area (Å²) in [6.45, 7) is 1.70. The van der Waals surface area contributed by atoms with Crippen LogP contribution >= 0.6 is 0 Å². The molecule has 0 radical (unpaired) electrons. The molecule has 13 heteroatoms. The number of nitrogens with one attached hydrogen (secondary N) is 1. The van der Waals surface area contributed by atoms with Gasteiger partial charge in [-0.2, -0.15) is 13.2 Å². The number of carbonyl (C=O) groups excluding carboxylic acids is 2. The smallest absolute Gasteiger partial charge is 0.384 e. The van der Waals surface area contributed by atoms with Crippen molar-refractivity contribution in [2.75, 3.05) is 11.1 Å². The Morgan fingerprint density at radius 1 is 0.929 bits per heavy atom. The molecule has 3 aromatic carbocycles. The first-order chi connectivity index (χ1) is 20.0. The fraction of sp³-hybridized carbons (Fsp3) is 0.0690. The number of hydrogen-bond acceptors (Lipinski definition) is 6. The van der Waals surface area contributed by atoms with E-state index < -0.39 is 23.6 Å². The quantitative estimate of drug-likeness (QED) is 0.265. The summed E-state index contributed by atoms with van der Waals surface area (Å²) >= 11 is 0. The molecule has 0 saturated carbocycles. The van der Waals surface area contributed by atoms with Gasteiger partial charge < -0.3 is 21.4 Å². The van der Waals surface area contributed by atoms with Gasteiger partial charge in [-0.3, -0.25) is 14.2 Å². The first-order valence-corrected chi connectivity index (χ1v) is 12.5. The van der Waals surface area contributed by atoms with Crippen molar-refractivity contribution < 1.29 is 22.8 Å². The van der Waals surface area contributed by atoms with Crippen LogP contribution in [0.1, 0.15) is 32.0 Å². The van der Waals surface area contributed by atoms with Crippen LogP contribution in [0.15, 0.2) is 79.3 Å². The first kappa shape index (κ1) is 26.5. The molecule has 42 heavy (non-hydrogen) atoms. The zero-order valence-electron chi connectivity index (χ0n) is 21.8. The zero-order chi connectivity index (χ0) is 29.8. The van der Waals surface area contributed by atoms with E-state index in [0.29, 0.717) is 22.4 Å². The maximum Gasteiger partial charge on any atom is 0.416 e. The van der Waals surface area contributed by atoms with E-state index in [2.05, 4.69) is 20.3 Å². The molecule has 10 nitrogen and oxygen atoms in total. The Balaban J connectivity index is 1.41. The fourth-order valence-corrected chi connectivity index (χ4v) is 4.71. The lowest BCUT2D eigenvalue weighted by atomic mass is 10.1. The highest BCUT2D eigenvalue weighted by atomic mass is 19.4. The van der Waals surface area contributed by atoms with E-state index in [1.807, 2.05) is 0 Å². The Labute approximate surface area is 235 Å². The van der Waals surface area contributed by atoms with E-state index in [9.17, 15) is 22.8 Å². The van der Waals surface area contributed by atoms with Crippen LogP contribution in [0.25, 0.3) is 33.6 Å². The number of para-hydroxylation sites is 2. The molecule has 0 aliphatic heterocycles. The SMILES string of the molecule is Cc1cn(-c2cc(C(=O)Nc3cccc(-n4c(N)c(C(N)=O)c5nc6ccccc6nc54)c3)cc(C(F)(F)F)c2)cn1. The van der Waals surface area contributed by atoms with E-state index in [1.54, 1.807) is 61.7 Å². The fourth-order valence-electron chi connectivity index (χ4n) is 4.71. The number of alkyl halides is 3. The number of primary amides is 1. The second-order valence-electron chi connectivity index (χ2n) is 9.54. The Morgan fingerprint density at radius 2 is 1.67 bits per heavy atom. The first-order valence-electron chi connectivity index (χ1n) is 12.5. The average Bonchev–Trinajstić information content (AvgIpc) is 3.51. The minimum Gasteiger partial charge on any atom is -0.384 e. The molecule has 210 valence electrons. The van der Waals surface area contributed by atoms with Gasteiger partial charge in [-0.25, -0.2) is 15.0 Å². The molecule has 5 N–H and O–H groups in total. The normalized spacial score (nSPS) is 11.7. The van der Waals surface area contributed by atoms with Crippen molar-refractivity contribution in [1.29, 1.82) is 0 Å². The summed E-state index contributed by atoms with van der Waals surface area (Å²) < 4.78 is 44.0. The van der Waals surface area contributed by atoms with Gasteiger partial charge in [-0.05, 0) is 55.5 Å². The minimum absolute atomic E-state index is 0.00516. The number of aromatic nitrogens is 5. The summed E-state index contributed by atoms with van der Waals surface area (Å²) in [7, 11) is 0. The molecule has 6 rings (SSSR count). The Hall–Kier alpha value is -5.72. The van der Waals surface area contributed by atoms with Crippen LogP contribution in [0.4, 0.5) is 24.7 Å². The lowest BCUT2D eigenvalue weighted by Gasteiger charge is -2.14. The lowest BCUT2D eigenvalue weighted by molar-refractivity contribution is -0.137. The van der Waals surface area contributed by atoms with Crippen LogP contribution < -0.4 is 16.8 Å². The standard InChI is InChI=1S/C29H21F3N8O2/c1-15-13-39(14-35-15)20-10-16(9-17(11-20)29(30,31)32)28(42)36-18-5-4-6-19(12-18)40-25(33)23(26(34)41)24-27(40)38-22-8-3-2-7-21(22)37-24/h2-14H,33H2,1H3,(H2,34,41)(H,36,42). The number of nitrogens with two attached hydrogens (primary N) is 2. The van der Waals surface area contributed by atoms with Crippen molar-refractivity contribution in [3.8, 4) is 11.4 Å². The topological polar surface area (TPSA) is 147 Å². The Kier molecular flexibility index (Phi) is 6.14. The highest BCUT2D eigenvalue weighted by molar-refractivity contribution is 6.10. The molecular weight excluding hydrogens is 549 g/mol. The van der Waals surface area contributed by atoms with Gasteiger partial charge in [0.15, 0.2) is 5.65 Å². The monoisotopic (exact) mass is 570 g/mol. The predicted molar refractivity (Wildman–Crippen MR) is 151 cm³/mol. The number of imidazole rings is 1. The van der Waals surface area contributed by atoms with Crippen LogP contribution in [0.2, 0.25) is 0 Å². The average molecular weight is 571 g/mol. The molecule has 0 atom stereocenters. The molecule has 3 heterocycles. The van der Waals surface area contributed by atoms with Crippen molar-refractivity contribution in [2.45, 2.75) is 13.1 Å². The van der Waals surface area contributed by atoms with Gasteiger partial charge in [-0.15, -0.1) is 0 Å². The molecule has 0 fully saturated rings. The number of anilines is 2. The maximum atomic E-state index is 13.7. The molecule has 0 saturated heterocycles. The van der Waals surface area contributed by atoms with E-state index in [0.717, 1.165) is 12.1 Å². The van der Waals surface area contributed by atoms with Crippen molar-refractivity contribution in [3.05, 3.63) is 102 Å². The Bertz CT molecular complexity index is 2040. The van der Waals surface area contributed by atoms with Crippen molar-refractivity contribution >= 4 is 45.5 Å². The molecule has 0 aliphatic rings. The van der Waals surface area contributed by atoms with Gasteiger partial charge in [0.2, 0.25) is 0 Å². The van der Waals surface area contributed by atoms with E-state index in [1.165, 1.54) is 21.5 Å². The van der Waals surface area contributed by atoms with Gasteiger partial charge in [0.25, 0.3) is 11.8 Å². The molecule has 0 bridgehead atoms. The number of carbonyl (C=O) groups is 2. The number of rotatable bonds is 5. The van der Waals surface area contributed by atoms with Crippen LogP contribution in [-0.4, -0.2) is 35.9 Å². The largest absolute Gasteiger partial charge is 0.416 e. The number of nitrogens with zero attached hydrogens (tertiary/aromatic N) is 5. The summed E-state index contributed by atoms with van der Waals surface area (Å²) in [5, 5.41) is 2.64. The van der Waals surface area contributed by atoms with Crippen LogP contribution in [0, 0.1) is 6.92 Å². The summed E-state index contributed by atoms with van der Waals surface area (Å²) in [6.07, 6.45) is -1.76. The second-order valence-corrected chi connectivity index (χ2v) is 9.54. The molecule has 2 amide bonds. The number of aryl methyl sites for hydroxylation is 1. The summed E-state index contributed by atoms with van der Waals surface area (Å²) in [4.78, 5) is 38.8. The predicted octanol–water partition coefficient (Wildman–Crippen LogP) is 5.02. The number of nitrogen functional groups attached to an aromatic ring is 1. The van der Waals surface area contributed by atoms with Crippen LogP contribution in [-0.2, 0) is 6.18 Å². The van der Waals surface area contributed by atoms with E-state index in [4.69, 9.17) is 11.5 Å². The minimum atomic E-state index is -4.68. The zero-order valence-corrected chi connectivity index (χ0v) is 21.8. The van der Waals surface area contributed by atoms with E-state index in [-0.39, 0.29) is 39.5 Å². The third-order valence-electron chi connectivity index (χ3n) is 6.62. The molecule has 6 aromatic rings. The van der Waals surface area contributed by atoms with Gasteiger partial charge in [0, 0.05) is 23.1 Å². The van der Waals surface area contributed by atoms with Gasteiger partial charge in [0.05, 0.1) is 34.3 Å². The van der Waals surface area contributed by atoms with Crippen LogP contribution in [0.3, 0.4) is 0 Å². The van der Waals surface area contributed by atoms with Gasteiger partial charge in [0.1, 0.15) is 16.9 Å². The highest BCUT2D eigenvalue weighted by Gasteiger charge is 2.32. The summed E-state index contributed by atoms with van der Waals surface area (Å²) in [6, 6.07) is 16.5. The van der Waals surface area contributed by atoms with Crippen molar-refractivity contribution in [1.82, 2.24) is 24.1 Å². The van der Waals surface area contributed by atoms with E-state index >= 15 is 0 Å². The Morgan fingerprint density at radius 3 is 2.33 bits per heavy atom. The molecular formula is C29H21F3N8O2. The second kappa shape index (κ2) is 9.73. The molecule has 0 unspecified atom stereocenters. The summed E-state index contributed by atoms with van der Waals surface area (Å²) in [5.41, 5.74) is 13.7. The lowest BCUT2D eigenvalue weighted by Crippen LogP contribution is -2.15. The van der Waals surface area contributed by atoms with Gasteiger partial charge >= 0.3 is 6.18 Å². The number of fused-ring (bicyclic) bond motifs is 2. The molecule has 3 aromatic heterocycles. The number of benzene rings is 3. The van der Waals surface area contributed by atoms with Crippen molar-refractivity contribution in [2.24, 2.45) is 5.73 Å². The van der Waals surface area contributed by atoms with Gasteiger partial charge in [-0.1, -0.05) is 18.2 Å². The molecule has 0 spiro atoms. The number of halogens is 3.